The zero-order chi connectivity index (χ0) is 15.1. The highest BCUT2D eigenvalue weighted by molar-refractivity contribution is 5.38. The summed E-state index contributed by atoms with van der Waals surface area (Å²) in [7, 11) is 0. The number of imidazole rings is 1. The SMILES string of the molecule is CCCNc1nc(NCC(O)CC)nc(-n2ccnc2)n1. The lowest BCUT2D eigenvalue weighted by molar-refractivity contribution is 0.183. The number of hydrogen-bond donors (Lipinski definition) is 3. The van der Waals surface area contributed by atoms with E-state index in [0.29, 0.717) is 30.8 Å². The van der Waals surface area contributed by atoms with Crippen molar-refractivity contribution < 1.29 is 5.11 Å². The van der Waals surface area contributed by atoms with E-state index in [1.54, 1.807) is 23.3 Å². The Balaban J connectivity index is 2.20. The summed E-state index contributed by atoms with van der Waals surface area (Å²) in [6.45, 7) is 5.17. The van der Waals surface area contributed by atoms with Crippen molar-refractivity contribution >= 4 is 11.9 Å². The molecule has 0 aliphatic carbocycles. The van der Waals surface area contributed by atoms with Gasteiger partial charge in [0.05, 0.1) is 6.10 Å². The average Bonchev–Trinajstić information content (AvgIpc) is 3.04. The lowest BCUT2D eigenvalue weighted by atomic mass is 10.3. The van der Waals surface area contributed by atoms with Gasteiger partial charge < -0.3 is 15.7 Å². The van der Waals surface area contributed by atoms with Gasteiger partial charge in [-0.15, -0.1) is 0 Å². The van der Waals surface area contributed by atoms with Gasteiger partial charge in [0.15, 0.2) is 0 Å². The van der Waals surface area contributed by atoms with Crippen molar-refractivity contribution in [2.75, 3.05) is 23.7 Å². The van der Waals surface area contributed by atoms with E-state index in [0.717, 1.165) is 13.0 Å². The highest BCUT2D eigenvalue weighted by Gasteiger charge is 2.09. The summed E-state index contributed by atoms with van der Waals surface area (Å²) < 4.78 is 1.71. The summed E-state index contributed by atoms with van der Waals surface area (Å²) >= 11 is 0. The van der Waals surface area contributed by atoms with Gasteiger partial charge in [-0.25, -0.2) is 4.98 Å². The van der Waals surface area contributed by atoms with Crippen LogP contribution in [0.3, 0.4) is 0 Å². The van der Waals surface area contributed by atoms with E-state index in [1.165, 1.54) is 0 Å². The van der Waals surface area contributed by atoms with Crippen molar-refractivity contribution in [3.8, 4) is 5.95 Å². The van der Waals surface area contributed by atoms with E-state index in [-0.39, 0.29) is 0 Å². The highest BCUT2D eigenvalue weighted by atomic mass is 16.3. The summed E-state index contributed by atoms with van der Waals surface area (Å²) in [5, 5.41) is 15.8. The van der Waals surface area contributed by atoms with Crippen molar-refractivity contribution in [2.24, 2.45) is 0 Å². The number of rotatable bonds is 8. The molecular weight excluding hydrogens is 270 g/mol. The molecule has 2 heterocycles. The summed E-state index contributed by atoms with van der Waals surface area (Å²) in [5.74, 6) is 1.42. The molecule has 8 heteroatoms. The molecule has 0 saturated heterocycles. The molecule has 114 valence electrons. The Bertz CT molecular complexity index is 543. The number of anilines is 2. The van der Waals surface area contributed by atoms with Gasteiger partial charge in [-0.05, 0) is 12.8 Å². The molecule has 0 aromatic carbocycles. The molecule has 0 amide bonds. The first-order valence-electron chi connectivity index (χ1n) is 7.13. The molecule has 3 N–H and O–H groups in total. The second-order valence-corrected chi connectivity index (χ2v) is 4.62. The van der Waals surface area contributed by atoms with Crippen molar-refractivity contribution in [3.63, 3.8) is 0 Å². The predicted octanol–water partition coefficient (Wildman–Crippen LogP) is 1.06. The van der Waals surface area contributed by atoms with Gasteiger partial charge in [-0.3, -0.25) is 4.57 Å². The third-order valence-electron chi connectivity index (χ3n) is 2.86. The Morgan fingerprint density at radius 3 is 2.57 bits per heavy atom. The fraction of sp³-hybridized carbons (Fsp3) is 0.538. The number of nitrogens with one attached hydrogen (secondary N) is 2. The second-order valence-electron chi connectivity index (χ2n) is 4.62. The zero-order valence-corrected chi connectivity index (χ0v) is 12.3. The quantitative estimate of drug-likeness (QED) is 0.668. The number of aromatic nitrogens is 5. The molecule has 2 rings (SSSR count). The van der Waals surface area contributed by atoms with Crippen molar-refractivity contribution in [2.45, 2.75) is 32.8 Å². The summed E-state index contributed by atoms with van der Waals surface area (Å²) in [6.07, 6.45) is 6.28. The molecule has 21 heavy (non-hydrogen) atoms. The van der Waals surface area contributed by atoms with Gasteiger partial charge in [0.25, 0.3) is 0 Å². The van der Waals surface area contributed by atoms with Crippen molar-refractivity contribution in [1.29, 1.82) is 0 Å². The maximum Gasteiger partial charge on any atom is 0.241 e. The van der Waals surface area contributed by atoms with Crippen LogP contribution in [0.25, 0.3) is 5.95 Å². The first kappa shape index (κ1) is 15.2. The molecule has 0 spiro atoms. The third kappa shape index (κ3) is 4.38. The van der Waals surface area contributed by atoms with Crippen LogP contribution in [-0.2, 0) is 0 Å². The van der Waals surface area contributed by atoms with E-state index in [9.17, 15) is 5.11 Å². The Kier molecular flexibility index (Phi) is 5.44. The molecule has 0 aliphatic rings. The van der Waals surface area contributed by atoms with Crippen molar-refractivity contribution in [1.82, 2.24) is 24.5 Å². The molecular formula is C13H21N7O. The van der Waals surface area contributed by atoms with Gasteiger partial charge in [0.2, 0.25) is 17.8 Å². The van der Waals surface area contributed by atoms with Crippen LogP contribution in [0.4, 0.5) is 11.9 Å². The standard InChI is InChI=1S/C13H21N7O/c1-3-5-15-11-17-12(16-8-10(21)4-2)19-13(18-11)20-7-6-14-9-20/h6-7,9-10,21H,3-5,8H2,1-2H3,(H2,15,16,17,18,19). The molecule has 1 atom stereocenters. The van der Waals surface area contributed by atoms with Crippen LogP contribution in [0.15, 0.2) is 18.7 Å². The molecule has 0 radical (unpaired) electrons. The number of hydrogen-bond acceptors (Lipinski definition) is 7. The molecule has 0 fully saturated rings. The van der Waals surface area contributed by atoms with Gasteiger partial charge >= 0.3 is 0 Å². The fourth-order valence-electron chi connectivity index (χ4n) is 1.61. The van der Waals surface area contributed by atoms with Crippen molar-refractivity contribution in [3.05, 3.63) is 18.7 Å². The Hall–Kier alpha value is -2.22. The molecule has 2 aromatic heterocycles. The number of nitrogens with zero attached hydrogens (tertiary/aromatic N) is 5. The lowest BCUT2D eigenvalue weighted by Gasteiger charge is -2.12. The van der Waals surface area contributed by atoms with Gasteiger partial charge in [0.1, 0.15) is 6.33 Å². The van der Waals surface area contributed by atoms with Crippen LogP contribution in [-0.4, -0.2) is 48.8 Å². The average molecular weight is 291 g/mol. The Labute approximate surface area is 123 Å². The predicted molar refractivity (Wildman–Crippen MR) is 80.5 cm³/mol. The number of aliphatic hydroxyl groups is 1. The smallest absolute Gasteiger partial charge is 0.241 e. The number of aliphatic hydroxyl groups excluding tert-OH is 1. The van der Waals surface area contributed by atoms with Crippen LogP contribution < -0.4 is 10.6 Å². The van der Waals surface area contributed by atoms with Crippen LogP contribution in [0.1, 0.15) is 26.7 Å². The maximum absolute atomic E-state index is 9.62. The minimum absolute atomic E-state index is 0.400. The van der Waals surface area contributed by atoms with E-state index in [4.69, 9.17) is 0 Å². The third-order valence-corrected chi connectivity index (χ3v) is 2.86. The Morgan fingerprint density at radius 1 is 1.19 bits per heavy atom. The first-order chi connectivity index (χ1) is 10.2. The molecule has 1 unspecified atom stereocenters. The molecule has 0 bridgehead atoms. The lowest BCUT2D eigenvalue weighted by Crippen LogP contribution is -2.20. The van der Waals surface area contributed by atoms with Crippen LogP contribution in [0, 0.1) is 0 Å². The summed E-state index contributed by atoms with van der Waals surface area (Å²) in [4.78, 5) is 17.0. The molecule has 0 saturated carbocycles. The van der Waals surface area contributed by atoms with Crippen LogP contribution >= 0.6 is 0 Å². The fourth-order valence-corrected chi connectivity index (χ4v) is 1.61. The zero-order valence-electron chi connectivity index (χ0n) is 12.3. The van der Waals surface area contributed by atoms with E-state index in [1.807, 2.05) is 6.92 Å². The molecule has 2 aromatic rings. The van der Waals surface area contributed by atoms with Gasteiger partial charge in [0, 0.05) is 25.5 Å². The van der Waals surface area contributed by atoms with Crippen LogP contribution in [0.2, 0.25) is 0 Å². The summed E-state index contributed by atoms with van der Waals surface area (Å²) in [6, 6.07) is 0. The van der Waals surface area contributed by atoms with Gasteiger partial charge in [-0.2, -0.15) is 15.0 Å². The topological polar surface area (TPSA) is 101 Å². The monoisotopic (exact) mass is 291 g/mol. The summed E-state index contributed by atoms with van der Waals surface area (Å²) in [5.41, 5.74) is 0. The van der Waals surface area contributed by atoms with E-state index in [2.05, 4.69) is 37.5 Å². The van der Waals surface area contributed by atoms with E-state index >= 15 is 0 Å². The normalized spacial score (nSPS) is 12.1. The van der Waals surface area contributed by atoms with E-state index < -0.39 is 6.10 Å². The van der Waals surface area contributed by atoms with Gasteiger partial charge in [-0.1, -0.05) is 13.8 Å². The molecule has 0 aliphatic heterocycles. The highest BCUT2D eigenvalue weighted by Crippen LogP contribution is 2.09. The Morgan fingerprint density at radius 2 is 1.95 bits per heavy atom. The largest absolute Gasteiger partial charge is 0.391 e. The second kappa shape index (κ2) is 7.53. The minimum Gasteiger partial charge on any atom is -0.391 e. The maximum atomic E-state index is 9.62. The molecule has 8 nitrogen and oxygen atoms in total. The first-order valence-corrected chi connectivity index (χ1v) is 7.13. The minimum atomic E-state index is -0.425. The van der Waals surface area contributed by atoms with Crippen LogP contribution in [0.5, 0.6) is 0 Å².